The number of carbonyl (C=O) groups excluding carboxylic acids is 1. The Morgan fingerprint density at radius 1 is 1.12 bits per heavy atom. The van der Waals surface area contributed by atoms with Crippen LogP contribution in [0.15, 0.2) is 35.9 Å². The first-order valence-electron chi connectivity index (χ1n) is 11.4. The molecule has 6 nitrogen and oxygen atoms in total. The lowest BCUT2D eigenvalue weighted by Gasteiger charge is -2.35. The third kappa shape index (κ3) is 4.25. The molecule has 6 heteroatoms. The van der Waals surface area contributed by atoms with Gasteiger partial charge in [-0.1, -0.05) is 17.7 Å². The van der Waals surface area contributed by atoms with Crippen molar-refractivity contribution in [1.29, 1.82) is 0 Å². The van der Waals surface area contributed by atoms with E-state index in [1.54, 1.807) is 27.4 Å². The highest BCUT2D eigenvalue weighted by Gasteiger charge is 2.39. The maximum Gasteiger partial charge on any atom is 0.176 e. The molecule has 2 aliphatic rings. The van der Waals surface area contributed by atoms with Crippen LogP contribution in [0.2, 0.25) is 0 Å². The van der Waals surface area contributed by atoms with Gasteiger partial charge < -0.3 is 23.7 Å². The summed E-state index contributed by atoms with van der Waals surface area (Å²) in [5.74, 6) is 2.78. The Morgan fingerprint density at radius 3 is 2.53 bits per heavy atom. The van der Waals surface area contributed by atoms with Crippen molar-refractivity contribution in [3.63, 3.8) is 0 Å². The largest absolute Gasteiger partial charge is 0.497 e. The Hall–Kier alpha value is -3.41. The van der Waals surface area contributed by atoms with E-state index in [0.717, 1.165) is 16.7 Å². The van der Waals surface area contributed by atoms with E-state index in [4.69, 9.17) is 23.7 Å². The highest BCUT2D eigenvalue weighted by Crippen LogP contribution is 2.52. The zero-order valence-corrected chi connectivity index (χ0v) is 20.9. The molecule has 0 N–H and O–H groups in total. The normalized spacial score (nSPS) is 17.6. The number of hydrogen-bond donors (Lipinski definition) is 0. The van der Waals surface area contributed by atoms with Crippen LogP contribution in [0.5, 0.6) is 28.7 Å². The molecule has 4 rings (SSSR count). The lowest BCUT2D eigenvalue weighted by atomic mass is 9.87. The molecule has 0 radical (unpaired) electrons. The summed E-state index contributed by atoms with van der Waals surface area (Å²) in [6.07, 6.45) is 6.44. The Bertz CT molecular complexity index is 1180. The van der Waals surface area contributed by atoms with Gasteiger partial charge in [-0.3, -0.25) is 4.79 Å². The van der Waals surface area contributed by atoms with Gasteiger partial charge in [-0.25, -0.2) is 0 Å². The second kappa shape index (κ2) is 9.09. The van der Waals surface area contributed by atoms with Crippen molar-refractivity contribution >= 4 is 11.9 Å². The van der Waals surface area contributed by atoms with Crippen molar-refractivity contribution in [2.45, 2.75) is 52.2 Å². The van der Waals surface area contributed by atoms with Gasteiger partial charge in [0.05, 0.1) is 27.8 Å². The van der Waals surface area contributed by atoms with Gasteiger partial charge in [-0.15, -0.1) is 0 Å². The van der Waals surface area contributed by atoms with Gasteiger partial charge in [-0.05, 0) is 52.3 Å². The van der Waals surface area contributed by atoms with Crippen molar-refractivity contribution in [2.24, 2.45) is 0 Å². The number of ether oxygens (including phenoxy) is 5. The number of methoxy groups -OCH3 is 3. The summed E-state index contributed by atoms with van der Waals surface area (Å²) in [6, 6.07) is 5.53. The van der Waals surface area contributed by atoms with Gasteiger partial charge in [0.25, 0.3) is 0 Å². The fraction of sp³-hybridized carbons (Fsp3) is 0.393. The van der Waals surface area contributed by atoms with E-state index in [2.05, 4.69) is 19.9 Å². The minimum Gasteiger partial charge on any atom is -0.497 e. The first kappa shape index (κ1) is 23.7. The fourth-order valence-electron chi connectivity index (χ4n) is 4.41. The van der Waals surface area contributed by atoms with E-state index in [0.29, 0.717) is 40.7 Å². The average molecular weight is 465 g/mol. The monoisotopic (exact) mass is 464 g/mol. The highest BCUT2D eigenvalue weighted by molar-refractivity contribution is 6.05. The third-order valence-electron chi connectivity index (χ3n) is 6.14. The maximum absolute atomic E-state index is 13.6. The van der Waals surface area contributed by atoms with Gasteiger partial charge in [0.1, 0.15) is 34.5 Å². The Labute approximate surface area is 201 Å². The summed E-state index contributed by atoms with van der Waals surface area (Å²) in [6.45, 7) is 8.06. The predicted octanol–water partition coefficient (Wildman–Crippen LogP) is 6.11. The van der Waals surface area contributed by atoms with E-state index in [1.165, 1.54) is 5.57 Å². The summed E-state index contributed by atoms with van der Waals surface area (Å²) in [5, 5.41) is 0. The number of benzene rings is 2. The molecular weight excluding hydrogens is 432 g/mol. The number of hydrogen-bond acceptors (Lipinski definition) is 6. The molecule has 34 heavy (non-hydrogen) atoms. The SMILES string of the molecule is COc1ccc(C2CC(=O)c3c(c(CC=C(C)C)c4c(c3OC)OC(C)(C)C=C4)O2)c(OC)c1. The number of Topliss-reactive ketones (excluding diaryl/α,β-unsaturated/α-hetero) is 1. The van der Waals surface area contributed by atoms with Crippen molar-refractivity contribution in [1.82, 2.24) is 0 Å². The van der Waals surface area contributed by atoms with E-state index >= 15 is 0 Å². The van der Waals surface area contributed by atoms with Crippen LogP contribution in [0.4, 0.5) is 0 Å². The van der Waals surface area contributed by atoms with Crippen molar-refractivity contribution in [2.75, 3.05) is 21.3 Å². The minimum atomic E-state index is -0.514. The number of ketones is 1. The molecule has 0 fully saturated rings. The standard InChI is InChI=1S/C28H32O6/c1-16(2)8-10-18-19-12-13-28(3,4)34-26(19)27(32-7)24-21(29)15-23(33-25(18)24)20-11-9-17(30-5)14-22(20)31-6/h8-9,11-14,23H,10,15H2,1-7H3. The van der Waals surface area contributed by atoms with Crippen LogP contribution in [0.25, 0.3) is 6.08 Å². The van der Waals surface area contributed by atoms with Crippen LogP contribution in [-0.4, -0.2) is 32.7 Å². The van der Waals surface area contributed by atoms with Crippen LogP contribution < -0.4 is 23.7 Å². The number of fused-ring (bicyclic) bond motifs is 2. The molecule has 0 aromatic heterocycles. The molecule has 1 unspecified atom stereocenters. The zero-order chi connectivity index (χ0) is 24.6. The molecule has 0 spiro atoms. The molecule has 2 aromatic rings. The second-order valence-electron chi connectivity index (χ2n) is 9.32. The molecule has 0 amide bonds. The van der Waals surface area contributed by atoms with Gasteiger partial charge in [-0.2, -0.15) is 0 Å². The van der Waals surface area contributed by atoms with Crippen molar-refractivity contribution < 1.29 is 28.5 Å². The smallest absolute Gasteiger partial charge is 0.176 e. The maximum atomic E-state index is 13.6. The molecule has 1 atom stereocenters. The van der Waals surface area contributed by atoms with Gasteiger partial charge in [0.2, 0.25) is 0 Å². The molecule has 2 heterocycles. The fourth-order valence-corrected chi connectivity index (χ4v) is 4.41. The summed E-state index contributed by atoms with van der Waals surface area (Å²) in [5.41, 5.74) is 3.68. The average Bonchev–Trinajstić information content (AvgIpc) is 2.80. The van der Waals surface area contributed by atoms with E-state index in [9.17, 15) is 4.79 Å². The molecule has 2 aromatic carbocycles. The van der Waals surface area contributed by atoms with Crippen LogP contribution in [0.1, 0.15) is 67.3 Å². The topological polar surface area (TPSA) is 63.2 Å². The Balaban J connectivity index is 1.91. The van der Waals surface area contributed by atoms with Gasteiger partial charge in [0.15, 0.2) is 17.3 Å². The Kier molecular flexibility index (Phi) is 6.34. The predicted molar refractivity (Wildman–Crippen MR) is 132 cm³/mol. The first-order chi connectivity index (χ1) is 16.2. The summed E-state index contributed by atoms with van der Waals surface area (Å²) < 4.78 is 29.6. The van der Waals surface area contributed by atoms with Crippen LogP contribution in [0.3, 0.4) is 0 Å². The Morgan fingerprint density at radius 2 is 1.88 bits per heavy atom. The molecule has 0 saturated carbocycles. The van der Waals surface area contributed by atoms with Gasteiger partial charge in [0, 0.05) is 22.8 Å². The quantitative estimate of drug-likeness (QED) is 0.481. The van der Waals surface area contributed by atoms with E-state index in [-0.39, 0.29) is 12.2 Å². The highest BCUT2D eigenvalue weighted by atomic mass is 16.5. The molecular formula is C28H32O6. The number of rotatable bonds is 6. The molecule has 180 valence electrons. The van der Waals surface area contributed by atoms with E-state index < -0.39 is 11.7 Å². The summed E-state index contributed by atoms with van der Waals surface area (Å²) >= 11 is 0. The van der Waals surface area contributed by atoms with Gasteiger partial charge >= 0.3 is 0 Å². The molecule has 0 aliphatic carbocycles. The number of carbonyl (C=O) groups is 1. The third-order valence-corrected chi connectivity index (χ3v) is 6.14. The summed E-state index contributed by atoms with van der Waals surface area (Å²) in [7, 11) is 4.76. The lowest BCUT2D eigenvalue weighted by molar-refractivity contribution is 0.0832. The lowest BCUT2D eigenvalue weighted by Crippen LogP contribution is -2.30. The second-order valence-corrected chi connectivity index (χ2v) is 9.32. The zero-order valence-electron chi connectivity index (χ0n) is 20.9. The van der Waals surface area contributed by atoms with Crippen molar-refractivity contribution in [3.05, 3.63) is 58.2 Å². The van der Waals surface area contributed by atoms with E-state index in [1.807, 2.05) is 38.1 Å². The molecule has 2 aliphatic heterocycles. The summed E-state index contributed by atoms with van der Waals surface area (Å²) in [4.78, 5) is 13.6. The minimum absolute atomic E-state index is 0.0572. The first-order valence-corrected chi connectivity index (χ1v) is 11.4. The van der Waals surface area contributed by atoms with Crippen LogP contribution in [0, 0.1) is 0 Å². The number of allylic oxidation sites excluding steroid dienone is 2. The molecule has 0 bridgehead atoms. The van der Waals surface area contributed by atoms with Crippen molar-refractivity contribution in [3.8, 4) is 28.7 Å². The van der Waals surface area contributed by atoms with Crippen LogP contribution >= 0.6 is 0 Å². The van der Waals surface area contributed by atoms with Crippen LogP contribution in [-0.2, 0) is 6.42 Å². The molecule has 0 saturated heterocycles.